The zero-order valence-corrected chi connectivity index (χ0v) is 10.5. The summed E-state index contributed by atoms with van der Waals surface area (Å²) in [5, 5.41) is 12.3. The van der Waals surface area contributed by atoms with Crippen LogP contribution < -0.4 is 5.32 Å². The van der Waals surface area contributed by atoms with Crippen molar-refractivity contribution in [1.29, 1.82) is 0 Å². The van der Waals surface area contributed by atoms with Crippen molar-refractivity contribution >= 4 is 11.7 Å². The highest BCUT2D eigenvalue weighted by Crippen LogP contribution is 2.15. The highest BCUT2D eigenvalue weighted by Gasteiger charge is 2.33. The van der Waals surface area contributed by atoms with E-state index in [1.807, 2.05) is 6.92 Å². The number of aliphatic hydroxyl groups excluding tert-OH is 1. The number of nitrogens with zero attached hydrogens (tertiary/aromatic N) is 2. The molecule has 2 amide bonds. The van der Waals surface area contributed by atoms with Crippen LogP contribution in [0.2, 0.25) is 0 Å². The van der Waals surface area contributed by atoms with Crippen LogP contribution in [0.25, 0.3) is 0 Å². The van der Waals surface area contributed by atoms with Gasteiger partial charge >= 0.3 is 6.03 Å². The molecule has 0 unspecified atom stereocenters. The molecule has 0 spiro atoms. The molecule has 0 aliphatic carbocycles. The molecule has 1 saturated heterocycles. The van der Waals surface area contributed by atoms with Gasteiger partial charge in [-0.3, -0.25) is 0 Å². The summed E-state index contributed by atoms with van der Waals surface area (Å²) < 4.78 is 17.8. The number of amides is 2. The van der Waals surface area contributed by atoms with Crippen molar-refractivity contribution in [3.05, 3.63) is 24.3 Å². The highest BCUT2D eigenvalue weighted by molar-refractivity contribution is 5.89. The molecule has 7 heteroatoms. The van der Waals surface area contributed by atoms with Gasteiger partial charge in [-0.2, -0.15) is 4.39 Å². The fraction of sp³-hybridized carbons (Fsp3) is 0.500. The average Bonchev–Trinajstić information content (AvgIpc) is 2.80. The summed E-state index contributed by atoms with van der Waals surface area (Å²) in [4.78, 5) is 17.0. The SMILES string of the molecule is CCN(C(=O)Nc1ccc(F)nc1)[C@H]1COC[C@@H]1O. The third-order valence-corrected chi connectivity index (χ3v) is 3.00. The Morgan fingerprint density at radius 3 is 2.95 bits per heavy atom. The van der Waals surface area contributed by atoms with Crippen LogP contribution >= 0.6 is 0 Å². The lowest BCUT2D eigenvalue weighted by Gasteiger charge is -2.28. The van der Waals surface area contributed by atoms with E-state index in [4.69, 9.17) is 4.74 Å². The number of likely N-dealkylation sites (N-methyl/N-ethyl adjacent to an activating group) is 1. The molecule has 0 aromatic carbocycles. The predicted molar refractivity (Wildman–Crippen MR) is 66.2 cm³/mol. The number of ether oxygens (including phenoxy) is 1. The minimum atomic E-state index is -0.683. The zero-order valence-electron chi connectivity index (χ0n) is 10.5. The molecule has 1 aliphatic rings. The van der Waals surface area contributed by atoms with Crippen molar-refractivity contribution in [1.82, 2.24) is 9.88 Å². The maximum absolute atomic E-state index is 12.7. The van der Waals surface area contributed by atoms with E-state index in [1.54, 1.807) is 0 Å². The number of urea groups is 1. The number of hydrogen-bond acceptors (Lipinski definition) is 4. The molecular formula is C12H16FN3O3. The van der Waals surface area contributed by atoms with Crippen molar-refractivity contribution < 1.29 is 19.0 Å². The first kappa shape index (κ1) is 13.7. The second-order valence-corrected chi connectivity index (χ2v) is 4.26. The number of carbonyl (C=O) groups excluding carboxylic acids is 1. The number of aliphatic hydroxyl groups is 1. The molecule has 2 atom stereocenters. The summed E-state index contributed by atoms with van der Waals surface area (Å²) >= 11 is 0. The molecule has 104 valence electrons. The maximum Gasteiger partial charge on any atom is 0.322 e. The van der Waals surface area contributed by atoms with E-state index < -0.39 is 12.1 Å². The number of aromatic nitrogens is 1. The van der Waals surface area contributed by atoms with Crippen LogP contribution in [0, 0.1) is 5.95 Å². The Morgan fingerprint density at radius 2 is 2.42 bits per heavy atom. The van der Waals surface area contributed by atoms with Gasteiger partial charge in [0.05, 0.1) is 37.2 Å². The van der Waals surface area contributed by atoms with Crippen molar-refractivity contribution in [3.63, 3.8) is 0 Å². The van der Waals surface area contributed by atoms with Gasteiger partial charge in [0.2, 0.25) is 5.95 Å². The van der Waals surface area contributed by atoms with E-state index in [-0.39, 0.29) is 18.7 Å². The number of halogens is 1. The van der Waals surface area contributed by atoms with Gasteiger partial charge in [0.25, 0.3) is 0 Å². The van der Waals surface area contributed by atoms with E-state index in [0.717, 1.165) is 0 Å². The molecule has 0 saturated carbocycles. The Balaban J connectivity index is 2.02. The van der Waals surface area contributed by atoms with Crippen LogP contribution in [0.3, 0.4) is 0 Å². The first-order chi connectivity index (χ1) is 9.11. The summed E-state index contributed by atoms with van der Waals surface area (Å²) in [6.07, 6.45) is 0.555. The Morgan fingerprint density at radius 1 is 1.63 bits per heavy atom. The van der Waals surface area contributed by atoms with Crippen LogP contribution in [-0.4, -0.2) is 52.9 Å². The minimum Gasteiger partial charge on any atom is -0.388 e. The van der Waals surface area contributed by atoms with Gasteiger partial charge in [-0.15, -0.1) is 0 Å². The van der Waals surface area contributed by atoms with E-state index in [0.29, 0.717) is 18.8 Å². The number of anilines is 1. The molecule has 1 aromatic heterocycles. The minimum absolute atomic E-state index is 0.229. The summed E-state index contributed by atoms with van der Waals surface area (Å²) in [5.74, 6) is -0.607. The lowest BCUT2D eigenvalue weighted by molar-refractivity contribution is 0.1000. The third-order valence-electron chi connectivity index (χ3n) is 3.00. The van der Waals surface area contributed by atoms with E-state index in [2.05, 4.69) is 10.3 Å². The van der Waals surface area contributed by atoms with Gasteiger partial charge in [0.1, 0.15) is 0 Å². The molecule has 0 radical (unpaired) electrons. The summed E-state index contributed by atoms with van der Waals surface area (Å²) in [6.45, 7) is 2.79. The van der Waals surface area contributed by atoms with Gasteiger partial charge in [-0.05, 0) is 19.1 Å². The van der Waals surface area contributed by atoms with Crippen LogP contribution in [0.15, 0.2) is 18.3 Å². The normalized spacial score (nSPS) is 22.3. The fourth-order valence-corrected chi connectivity index (χ4v) is 2.00. The Bertz CT molecular complexity index is 440. The molecule has 19 heavy (non-hydrogen) atoms. The van der Waals surface area contributed by atoms with Gasteiger partial charge in [-0.1, -0.05) is 0 Å². The molecule has 1 fully saturated rings. The number of nitrogens with one attached hydrogen (secondary N) is 1. The van der Waals surface area contributed by atoms with Crippen molar-refractivity contribution in [2.24, 2.45) is 0 Å². The summed E-state index contributed by atoms with van der Waals surface area (Å²) in [6, 6.07) is 1.86. The zero-order chi connectivity index (χ0) is 13.8. The lowest BCUT2D eigenvalue weighted by atomic mass is 10.2. The van der Waals surface area contributed by atoms with E-state index in [1.165, 1.54) is 23.2 Å². The molecule has 0 bridgehead atoms. The van der Waals surface area contributed by atoms with Crippen molar-refractivity contribution in [2.75, 3.05) is 25.1 Å². The Labute approximate surface area is 110 Å². The van der Waals surface area contributed by atoms with Crippen molar-refractivity contribution in [2.45, 2.75) is 19.1 Å². The first-order valence-corrected chi connectivity index (χ1v) is 6.06. The van der Waals surface area contributed by atoms with Crippen molar-refractivity contribution in [3.8, 4) is 0 Å². The highest BCUT2D eigenvalue weighted by atomic mass is 19.1. The molecule has 2 N–H and O–H groups in total. The molecule has 6 nitrogen and oxygen atoms in total. The number of pyridine rings is 1. The average molecular weight is 269 g/mol. The third kappa shape index (κ3) is 3.18. The number of carbonyl (C=O) groups is 1. The second-order valence-electron chi connectivity index (χ2n) is 4.26. The number of rotatable bonds is 3. The standard InChI is InChI=1S/C12H16FN3O3/c1-2-16(9-6-19-7-10(9)17)12(18)15-8-3-4-11(13)14-5-8/h3-5,9-10,17H,2,6-7H2,1H3,(H,15,18)/t9-,10-/m0/s1. The molecule has 2 heterocycles. The first-order valence-electron chi connectivity index (χ1n) is 6.06. The summed E-state index contributed by atoms with van der Waals surface area (Å²) in [7, 11) is 0. The van der Waals surface area contributed by atoms with Gasteiger partial charge in [-0.25, -0.2) is 9.78 Å². The molecule has 1 aromatic rings. The Hall–Kier alpha value is -1.73. The monoisotopic (exact) mass is 269 g/mol. The molecule has 1 aliphatic heterocycles. The molecule has 2 rings (SSSR count). The topological polar surface area (TPSA) is 74.7 Å². The fourth-order valence-electron chi connectivity index (χ4n) is 2.00. The van der Waals surface area contributed by atoms with E-state index in [9.17, 15) is 14.3 Å². The van der Waals surface area contributed by atoms with Gasteiger partial charge < -0.3 is 20.1 Å². The second kappa shape index (κ2) is 5.94. The molecular weight excluding hydrogens is 253 g/mol. The number of hydrogen-bond donors (Lipinski definition) is 2. The summed E-state index contributed by atoms with van der Waals surface area (Å²) in [5.41, 5.74) is 0.401. The van der Waals surface area contributed by atoms with Gasteiger partial charge in [0.15, 0.2) is 0 Å². The predicted octanol–water partition coefficient (Wildman–Crippen LogP) is 0.834. The largest absolute Gasteiger partial charge is 0.388 e. The van der Waals surface area contributed by atoms with Gasteiger partial charge in [0, 0.05) is 6.54 Å². The lowest BCUT2D eigenvalue weighted by Crippen LogP contribution is -2.48. The van der Waals surface area contributed by atoms with Crippen LogP contribution in [-0.2, 0) is 4.74 Å². The Kier molecular flexibility index (Phi) is 4.28. The quantitative estimate of drug-likeness (QED) is 0.797. The smallest absolute Gasteiger partial charge is 0.322 e. The van der Waals surface area contributed by atoms with Crippen LogP contribution in [0.4, 0.5) is 14.9 Å². The van der Waals surface area contributed by atoms with Crippen LogP contribution in [0.1, 0.15) is 6.92 Å². The maximum atomic E-state index is 12.7. The van der Waals surface area contributed by atoms with Crippen LogP contribution in [0.5, 0.6) is 0 Å². The van der Waals surface area contributed by atoms with E-state index >= 15 is 0 Å².